The summed E-state index contributed by atoms with van der Waals surface area (Å²) in [5, 5.41) is 3.13. The normalized spacial score (nSPS) is 18.4. The second kappa shape index (κ2) is 4.20. The molecule has 1 fully saturated rings. The van der Waals surface area contributed by atoms with E-state index in [1.807, 2.05) is 18.2 Å². The van der Waals surface area contributed by atoms with Crippen molar-refractivity contribution in [3.05, 3.63) is 34.8 Å². The third-order valence-electron chi connectivity index (χ3n) is 3.35. The van der Waals surface area contributed by atoms with Crippen LogP contribution >= 0.6 is 11.3 Å². The van der Waals surface area contributed by atoms with E-state index in [1.165, 1.54) is 12.8 Å². The monoisotopic (exact) mass is 245 g/mol. The number of nitrogens with zero attached hydrogens (tertiary/aromatic N) is 2. The molecule has 3 nitrogen and oxygen atoms in total. The van der Waals surface area contributed by atoms with E-state index >= 15 is 0 Å². The lowest BCUT2D eigenvalue weighted by Crippen LogP contribution is -2.32. The molecule has 2 heterocycles. The molecule has 2 N–H and O–H groups in total. The predicted octanol–water partition coefficient (Wildman–Crippen LogP) is 2.93. The van der Waals surface area contributed by atoms with E-state index in [0.717, 1.165) is 29.2 Å². The molecule has 88 valence electrons. The van der Waals surface area contributed by atoms with Crippen LogP contribution in [0.4, 0.5) is 0 Å². The standard InChI is InChI=1S/C13H15N3S/c14-13(6-2-3-7-13)12-16-11(9-17-12)10-5-1-4-8-15-10/h1,4-5,8-9H,2-3,6-7,14H2. The second-order valence-electron chi connectivity index (χ2n) is 4.62. The maximum atomic E-state index is 6.40. The molecule has 0 unspecified atom stereocenters. The largest absolute Gasteiger partial charge is 0.319 e. The molecule has 2 aromatic rings. The van der Waals surface area contributed by atoms with Crippen molar-refractivity contribution in [3.8, 4) is 11.4 Å². The molecule has 4 heteroatoms. The first-order valence-corrected chi connectivity index (χ1v) is 6.82. The molecule has 0 spiro atoms. The van der Waals surface area contributed by atoms with Crippen molar-refractivity contribution in [3.63, 3.8) is 0 Å². The zero-order chi connectivity index (χ0) is 11.7. The van der Waals surface area contributed by atoms with Gasteiger partial charge in [0.2, 0.25) is 0 Å². The highest BCUT2D eigenvalue weighted by atomic mass is 32.1. The fourth-order valence-electron chi connectivity index (χ4n) is 2.35. The van der Waals surface area contributed by atoms with E-state index in [-0.39, 0.29) is 5.54 Å². The average molecular weight is 245 g/mol. The topological polar surface area (TPSA) is 51.8 Å². The summed E-state index contributed by atoms with van der Waals surface area (Å²) in [6.45, 7) is 0. The SMILES string of the molecule is NC1(c2nc(-c3ccccn3)cs2)CCCC1. The smallest absolute Gasteiger partial charge is 0.113 e. The van der Waals surface area contributed by atoms with Crippen molar-refractivity contribution in [2.45, 2.75) is 31.2 Å². The van der Waals surface area contributed by atoms with Gasteiger partial charge in [0, 0.05) is 11.6 Å². The first-order valence-electron chi connectivity index (χ1n) is 5.94. The van der Waals surface area contributed by atoms with Crippen LogP contribution in [-0.2, 0) is 5.54 Å². The Balaban J connectivity index is 1.93. The van der Waals surface area contributed by atoms with Gasteiger partial charge < -0.3 is 5.73 Å². The summed E-state index contributed by atoms with van der Waals surface area (Å²) in [5.74, 6) is 0. The molecule has 0 amide bonds. The van der Waals surface area contributed by atoms with Crippen LogP contribution in [-0.4, -0.2) is 9.97 Å². The van der Waals surface area contributed by atoms with E-state index in [1.54, 1.807) is 17.5 Å². The first-order chi connectivity index (χ1) is 8.28. The van der Waals surface area contributed by atoms with E-state index in [0.29, 0.717) is 0 Å². The van der Waals surface area contributed by atoms with Crippen LogP contribution in [0.5, 0.6) is 0 Å². The molecule has 0 aromatic carbocycles. The van der Waals surface area contributed by atoms with Gasteiger partial charge in [-0.2, -0.15) is 0 Å². The lowest BCUT2D eigenvalue weighted by Gasteiger charge is -2.19. The minimum absolute atomic E-state index is 0.183. The van der Waals surface area contributed by atoms with Gasteiger partial charge in [-0.1, -0.05) is 18.9 Å². The molecule has 0 bridgehead atoms. The second-order valence-corrected chi connectivity index (χ2v) is 5.47. The highest BCUT2D eigenvalue weighted by molar-refractivity contribution is 7.10. The number of hydrogen-bond acceptors (Lipinski definition) is 4. The summed E-state index contributed by atoms with van der Waals surface area (Å²) in [5.41, 5.74) is 8.09. The van der Waals surface area contributed by atoms with E-state index in [2.05, 4.69) is 15.3 Å². The number of aromatic nitrogens is 2. The minimum Gasteiger partial charge on any atom is -0.319 e. The molecule has 0 saturated heterocycles. The maximum Gasteiger partial charge on any atom is 0.113 e. The van der Waals surface area contributed by atoms with Crippen LogP contribution in [0.1, 0.15) is 30.7 Å². The Labute approximate surface area is 105 Å². The van der Waals surface area contributed by atoms with Crippen molar-refractivity contribution >= 4 is 11.3 Å². The van der Waals surface area contributed by atoms with Gasteiger partial charge in [0.1, 0.15) is 5.01 Å². The fourth-order valence-corrected chi connectivity index (χ4v) is 3.34. The van der Waals surface area contributed by atoms with Gasteiger partial charge in [-0.15, -0.1) is 11.3 Å². The Morgan fingerprint density at radius 1 is 1.18 bits per heavy atom. The van der Waals surface area contributed by atoms with Gasteiger partial charge in [-0.25, -0.2) is 4.98 Å². The molecule has 1 aliphatic rings. The van der Waals surface area contributed by atoms with Gasteiger partial charge >= 0.3 is 0 Å². The average Bonchev–Trinajstić information content (AvgIpc) is 2.99. The molecule has 1 aliphatic carbocycles. The Bertz CT molecular complexity index is 500. The predicted molar refractivity (Wildman–Crippen MR) is 69.7 cm³/mol. The summed E-state index contributed by atoms with van der Waals surface area (Å²) in [7, 11) is 0. The lowest BCUT2D eigenvalue weighted by atomic mass is 10.0. The minimum atomic E-state index is -0.183. The van der Waals surface area contributed by atoms with Crippen molar-refractivity contribution in [1.29, 1.82) is 0 Å². The van der Waals surface area contributed by atoms with Crippen LogP contribution in [0.15, 0.2) is 29.8 Å². The summed E-state index contributed by atoms with van der Waals surface area (Å²) in [4.78, 5) is 8.98. The quantitative estimate of drug-likeness (QED) is 0.885. The zero-order valence-electron chi connectivity index (χ0n) is 9.60. The van der Waals surface area contributed by atoms with Crippen molar-refractivity contribution in [2.75, 3.05) is 0 Å². The van der Waals surface area contributed by atoms with E-state index in [9.17, 15) is 0 Å². The molecule has 1 saturated carbocycles. The van der Waals surface area contributed by atoms with Gasteiger partial charge in [0.05, 0.1) is 16.9 Å². The van der Waals surface area contributed by atoms with Crippen LogP contribution < -0.4 is 5.73 Å². The van der Waals surface area contributed by atoms with E-state index < -0.39 is 0 Å². The first kappa shape index (κ1) is 10.9. The summed E-state index contributed by atoms with van der Waals surface area (Å²) in [6.07, 6.45) is 6.34. The molecule has 2 aromatic heterocycles. The van der Waals surface area contributed by atoms with Crippen molar-refractivity contribution in [2.24, 2.45) is 5.73 Å². The maximum absolute atomic E-state index is 6.40. The van der Waals surface area contributed by atoms with Crippen LogP contribution in [0, 0.1) is 0 Å². The summed E-state index contributed by atoms with van der Waals surface area (Å²) < 4.78 is 0. The number of pyridine rings is 1. The van der Waals surface area contributed by atoms with E-state index in [4.69, 9.17) is 5.73 Å². The van der Waals surface area contributed by atoms with Gasteiger partial charge in [0.25, 0.3) is 0 Å². The molecule has 0 aliphatic heterocycles. The molecular formula is C13H15N3S. The van der Waals surface area contributed by atoms with Crippen molar-refractivity contribution < 1.29 is 0 Å². The highest BCUT2D eigenvalue weighted by Crippen LogP contribution is 2.38. The number of thiazole rings is 1. The number of hydrogen-bond donors (Lipinski definition) is 1. The number of rotatable bonds is 2. The molecule has 17 heavy (non-hydrogen) atoms. The Hall–Kier alpha value is -1.26. The summed E-state index contributed by atoms with van der Waals surface area (Å²) in [6, 6.07) is 5.88. The summed E-state index contributed by atoms with van der Waals surface area (Å²) >= 11 is 1.66. The van der Waals surface area contributed by atoms with Gasteiger partial charge in [0.15, 0.2) is 0 Å². The Morgan fingerprint density at radius 2 is 2.00 bits per heavy atom. The lowest BCUT2D eigenvalue weighted by molar-refractivity contribution is 0.459. The zero-order valence-corrected chi connectivity index (χ0v) is 10.4. The number of nitrogens with two attached hydrogens (primary N) is 1. The van der Waals surface area contributed by atoms with Crippen molar-refractivity contribution in [1.82, 2.24) is 9.97 Å². The molecule has 0 atom stereocenters. The third-order valence-corrected chi connectivity index (χ3v) is 4.42. The highest BCUT2D eigenvalue weighted by Gasteiger charge is 2.34. The molecule has 0 radical (unpaired) electrons. The Kier molecular flexibility index (Phi) is 2.68. The third kappa shape index (κ3) is 1.98. The van der Waals surface area contributed by atoms with Gasteiger partial charge in [-0.05, 0) is 25.0 Å². The van der Waals surface area contributed by atoms with Crippen LogP contribution in [0.25, 0.3) is 11.4 Å². The Morgan fingerprint density at radius 3 is 2.71 bits per heavy atom. The fraction of sp³-hybridized carbons (Fsp3) is 0.385. The molecule has 3 rings (SSSR count). The van der Waals surface area contributed by atoms with Gasteiger partial charge in [-0.3, -0.25) is 4.98 Å². The van der Waals surface area contributed by atoms with Crippen LogP contribution in [0.2, 0.25) is 0 Å². The molecular weight excluding hydrogens is 230 g/mol. The van der Waals surface area contributed by atoms with Crippen LogP contribution in [0.3, 0.4) is 0 Å².